The summed E-state index contributed by atoms with van der Waals surface area (Å²) in [5.74, 6) is -0.919. The number of carbonyl (C=O) groups excluding carboxylic acids is 2. The molecule has 4 rings (SSSR count). The van der Waals surface area contributed by atoms with Crippen LogP contribution in [0.15, 0.2) is 47.4 Å². The van der Waals surface area contributed by atoms with Gasteiger partial charge in [-0.1, -0.05) is 12.1 Å². The predicted molar refractivity (Wildman–Crippen MR) is 153 cm³/mol. The minimum atomic E-state index is -4.68. The van der Waals surface area contributed by atoms with Gasteiger partial charge in [0.1, 0.15) is 23.0 Å². The van der Waals surface area contributed by atoms with E-state index in [1.807, 2.05) is 0 Å². The highest BCUT2D eigenvalue weighted by molar-refractivity contribution is 7.93. The summed E-state index contributed by atoms with van der Waals surface area (Å²) in [6.07, 6.45) is 3.26. The van der Waals surface area contributed by atoms with Gasteiger partial charge in [-0.2, -0.15) is 0 Å². The molecule has 0 fully saturated rings. The van der Waals surface area contributed by atoms with Crippen molar-refractivity contribution in [3.05, 3.63) is 68.6 Å². The Bertz CT molecular complexity index is 1580. The summed E-state index contributed by atoms with van der Waals surface area (Å²) < 4.78 is 44.5. The monoisotopic (exact) mass is 603 g/mol. The van der Waals surface area contributed by atoms with Crippen molar-refractivity contribution >= 4 is 49.6 Å². The van der Waals surface area contributed by atoms with Crippen LogP contribution in [0, 0.1) is 10.1 Å². The van der Waals surface area contributed by atoms with E-state index < -0.39 is 44.0 Å². The summed E-state index contributed by atoms with van der Waals surface area (Å²) in [6.45, 7) is 1.06. The molecule has 1 aromatic heterocycles. The molecule has 0 atom stereocenters. The first kappa shape index (κ1) is 29.8. The number of nitro groups is 1. The summed E-state index contributed by atoms with van der Waals surface area (Å²) in [6, 6.07) is 9.15. The number of nitrogens with one attached hydrogen (secondary N) is 1. The molecule has 1 aliphatic rings. The van der Waals surface area contributed by atoms with E-state index in [1.165, 1.54) is 55.9 Å². The van der Waals surface area contributed by atoms with Crippen molar-refractivity contribution in [1.29, 1.82) is 0 Å². The minimum Gasteiger partial charge on any atom is -0.497 e. The molecule has 2 aromatic carbocycles. The number of carbonyl (C=O) groups is 2. The van der Waals surface area contributed by atoms with Crippen molar-refractivity contribution < 1.29 is 37.1 Å². The Balaban J connectivity index is 1.78. The predicted octanol–water partition coefficient (Wildman–Crippen LogP) is 4.56. The standard InChI is InChI=1S/C27H29N3O9S2/c1-4-39-27(32)25-18-9-5-7-11-22(18)40-26(25)28-24(31)16-29(19-14-13-17(37-2)15-21(19)38-3)41(35,36)23-12-8-6-10-20(23)30(33)34/h6,8,10,12-15H,4-5,7,9,11,16H2,1-3H3,(H,28,31). The number of nitro benzene ring substituents is 1. The second kappa shape index (κ2) is 12.6. The topological polar surface area (TPSA) is 154 Å². The zero-order valence-electron chi connectivity index (χ0n) is 22.7. The molecule has 0 aliphatic heterocycles. The largest absolute Gasteiger partial charge is 0.497 e. The van der Waals surface area contributed by atoms with E-state index in [1.54, 1.807) is 6.92 Å². The van der Waals surface area contributed by atoms with Crippen LogP contribution in [0.25, 0.3) is 0 Å². The van der Waals surface area contributed by atoms with Crippen molar-refractivity contribution in [1.82, 2.24) is 0 Å². The zero-order chi connectivity index (χ0) is 29.7. The lowest BCUT2D eigenvalue weighted by Crippen LogP contribution is -2.38. The molecule has 41 heavy (non-hydrogen) atoms. The summed E-state index contributed by atoms with van der Waals surface area (Å²) in [5.41, 5.74) is 0.407. The lowest BCUT2D eigenvalue weighted by Gasteiger charge is -2.25. The molecule has 14 heteroatoms. The summed E-state index contributed by atoms with van der Waals surface area (Å²) in [5, 5.41) is 14.7. The SMILES string of the molecule is CCOC(=O)c1c(NC(=O)CN(c2ccc(OC)cc2OC)S(=O)(=O)c2ccccc2[N+](=O)[O-])sc2c1CCCC2. The molecule has 1 heterocycles. The van der Waals surface area contributed by atoms with Gasteiger partial charge in [0.15, 0.2) is 4.90 Å². The average Bonchev–Trinajstić information content (AvgIpc) is 3.33. The molecule has 1 N–H and O–H groups in total. The zero-order valence-corrected chi connectivity index (χ0v) is 24.3. The third kappa shape index (κ3) is 6.12. The van der Waals surface area contributed by atoms with E-state index in [9.17, 15) is 28.1 Å². The highest BCUT2D eigenvalue weighted by Crippen LogP contribution is 2.40. The number of anilines is 2. The smallest absolute Gasteiger partial charge is 0.341 e. The van der Waals surface area contributed by atoms with Crippen LogP contribution in [-0.2, 0) is 32.4 Å². The third-order valence-corrected chi connectivity index (χ3v) is 9.49. The molecule has 0 bridgehead atoms. The number of amides is 1. The number of thiophene rings is 1. The fourth-order valence-corrected chi connectivity index (χ4v) is 7.49. The van der Waals surface area contributed by atoms with E-state index >= 15 is 0 Å². The van der Waals surface area contributed by atoms with E-state index in [0.717, 1.165) is 46.1 Å². The number of rotatable bonds is 11. The molecule has 0 spiro atoms. The summed E-state index contributed by atoms with van der Waals surface area (Å²) in [7, 11) is -1.95. The molecule has 1 aliphatic carbocycles. The second-order valence-electron chi connectivity index (χ2n) is 8.96. The maximum Gasteiger partial charge on any atom is 0.341 e. The normalized spacial score (nSPS) is 12.7. The first-order valence-corrected chi connectivity index (χ1v) is 15.0. The maximum absolute atomic E-state index is 14.0. The van der Waals surface area contributed by atoms with Crippen LogP contribution in [0.3, 0.4) is 0 Å². The van der Waals surface area contributed by atoms with Gasteiger partial charge in [0.25, 0.3) is 15.7 Å². The first-order valence-electron chi connectivity index (χ1n) is 12.7. The van der Waals surface area contributed by atoms with Crippen molar-refractivity contribution in [3.63, 3.8) is 0 Å². The van der Waals surface area contributed by atoms with Gasteiger partial charge >= 0.3 is 5.97 Å². The first-order chi connectivity index (χ1) is 19.6. The number of benzene rings is 2. The molecular weight excluding hydrogens is 574 g/mol. The fourth-order valence-electron chi connectivity index (χ4n) is 4.61. The second-order valence-corrected chi connectivity index (χ2v) is 11.9. The van der Waals surface area contributed by atoms with Crippen LogP contribution in [0.1, 0.15) is 40.6 Å². The Labute approximate surface area is 241 Å². The number of esters is 1. The number of hydrogen-bond donors (Lipinski definition) is 1. The van der Waals surface area contributed by atoms with E-state index in [4.69, 9.17) is 14.2 Å². The molecule has 0 radical (unpaired) electrons. The van der Waals surface area contributed by atoms with Gasteiger partial charge in [0.05, 0.1) is 37.0 Å². The van der Waals surface area contributed by atoms with Crippen LogP contribution in [0.4, 0.5) is 16.4 Å². The number of fused-ring (bicyclic) bond motifs is 1. The van der Waals surface area contributed by atoms with E-state index in [2.05, 4.69) is 5.32 Å². The number of sulfonamides is 1. The van der Waals surface area contributed by atoms with Crippen LogP contribution in [0.5, 0.6) is 11.5 Å². The molecule has 218 valence electrons. The maximum atomic E-state index is 14.0. The van der Waals surface area contributed by atoms with Crippen molar-refractivity contribution in [2.45, 2.75) is 37.5 Å². The highest BCUT2D eigenvalue weighted by Gasteiger charge is 2.35. The Hall–Kier alpha value is -4.17. The number of ether oxygens (including phenoxy) is 3. The van der Waals surface area contributed by atoms with Gasteiger partial charge in [-0.25, -0.2) is 13.2 Å². The third-order valence-electron chi connectivity index (χ3n) is 6.48. The number of aryl methyl sites for hydroxylation is 1. The number of nitrogens with zero attached hydrogens (tertiary/aromatic N) is 2. The molecule has 0 saturated carbocycles. The lowest BCUT2D eigenvalue weighted by atomic mass is 9.95. The number of hydrogen-bond acceptors (Lipinski definition) is 10. The molecule has 3 aromatic rings. The average molecular weight is 604 g/mol. The van der Waals surface area contributed by atoms with Crippen molar-refractivity contribution in [2.75, 3.05) is 37.0 Å². The van der Waals surface area contributed by atoms with Gasteiger partial charge < -0.3 is 19.5 Å². The van der Waals surface area contributed by atoms with Gasteiger partial charge in [0, 0.05) is 17.0 Å². The molecule has 0 unspecified atom stereocenters. The van der Waals surface area contributed by atoms with Crippen molar-refractivity contribution in [2.24, 2.45) is 0 Å². The van der Waals surface area contributed by atoms with Crippen LogP contribution < -0.4 is 19.1 Å². The van der Waals surface area contributed by atoms with E-state index in [0.29, 0.717) is 12.2 Å². The Morgan fingerprint density at radius 1 is 1.10 bits per heavy atom. The Morgan fingerprint density at radius 2 is 1.83 bits per heavy atom. The fraction of sp³-hybridized carbons (Fsp3) is 0.333. The molecule has 12 nitrogen and oxygen atoms in total. The number of methoxy groups -OCH3 is 2. The van der Waals surface area contributed by atoms with Crippen molar-refractivity contribution in [3.8, 4) is 11.5 Å². The number of para-hydroxylation sites is 1. The Kier molecular flexibility index (Phi) is 9.13. The van der Waals surface area contributed by atoms with Crippen LogP contribution in [0.2, 0.25) is 0 Å². The van der Waals surface area contributed by atoms with E-state index in [-0.39, 0.29) is 28.6 Å². The molecule has 1 amide bonds. The van der Waals surface area contributed by atoms with Gasteiger partial charge in [-0.05, 0) is 56.4 Å². The van der Waals surface area contributed by atoms with Crippen LogP contribution in [-0.4, -0.2) is 52.6 Å². The summed E-state index contributed by atoms with van der Waals surface area (Å²) in [4.78, 5) is 37.6. The molecule has 0 saturated heterocycles. The highest BCUT2D eigenvalue weighted by atomic mass is 32.2. The lowest BCUT2D eigenvalue weighted by molar-refractivity contribution is -0.387. The van der Waals surface area contributed by atoms with Gasteiger partial charge in [-0.15, -0.1) is 11.3 Å². The van der Waals surface area contributed by atoms with Crippen LogP contribution >= 0.6 is 11.3 Å². The molecular formula is C27H29N3O9S2. The Morgan fingerprint density at radius 3 is 2.51 bits per heavy atom. The minimum absolute atomic E-state index is 0.0438. The quantitative estimate of drug-likeness (QED) is 0.189. The van der Waals surface area contributed by atoms with Gasteiger partial charge in [-0.3, -0.25) is 19.2 Å². The summed E-state index contributed by atoms with van der Waals surface area (Å²) >= 11 is 1.26. The van der Waals surface area contributed by atoms with Gasteiger partial charge in [0.2, 0.25) is 5.91 Å².